The molecule has 0 aromatic carbocycles. The summed E-state index contributed by atoms with van der Waals surface area (Å²) in [6, 6.07) is 3.81. The van der Waals surface area contributed by atoms with E-state index in [1.54, 1.807) is 11.1 Å². The zero-order valence-corrected chi connectivity index (χ0v) is 12.8. The molecule has 0 aliphatic carbocycles. The van der Waals surface area contributed by atoms with Crippen LogP contribution < -0.4 is 0 Å². The van der Waals surface area contributed by atoms with Crippen LogP contribution in [0.5, 0.6) is 0 Å². The van der Waals surface area contributed by atoms with Crippen molar-refractivity contribution in [3.63, 3.8) is 0 Å². The molecular weight excluding hydrogens is 276 g/mol. The third-order valence-electron chi connectivity index (χ3n) is 2.97. The molecule has 2 rings (SSSR count). The molecule has 0 unspecified atom stereocenters. The first-order valence-corrected chi connectivity index (χ1v) is 7.02. The van der Waals surface area contributed by atoms with Crippen LogP contribution in [0.2, 0.25) is 5.15 Å². The second-order valence-corrected chi connectivity index (χ2v) is 6.11. The van der Waals surface area contributed by atoms with Gasteiger partial charge in [-0.1, -0.05) is 23.7 Å². The van der Waals surface area contributed by atoms with E-state index in [2.05, 4.69) is 4.98 Å². The van der Waals surface area contributed by atoms with E-state index >= 15 is 0 Å². The smallest absolute Gasteiger partial charge is 0.410 e. The molecule has 1 aliphatic heterocycles. The Balaban J connectivity index is 2.04. The number of hydrogen-bond acceptors (Lipinski definition) is 3. The van der Waals surface area contributed by atoms with Crippen LogP contribution in [0.3, 0.4) is 0 Å². The third kappa shape index (κ3) is 3.73. The van der Waals surface area contributed by atoms with E-state index in [0.717, 1.165) is 17.6 Å². The Morgan fingerprint density at radius 2 is 2.20 bits per heavy atom. The first-order chi connectivity index (χ1) is 9.37. The third-order valence-corrected chi connectivity index (χ3v) is 3.27. The van der Waals surface area contributed by atoms with Crippen molar-refractivity contribution in [1.29, 1.82) is 0 Å². The molecule has 108 valence electrons. The number of aromatic nitrogens is 1. The highest BCUT2D eigenvalue weighted by Crippen LogP contribution is 2.27. The fourth-order valence-electron chi connectivity index (χ4n) is 2.03. The van der Waals surface area contributed by atoms with E-state index in [9.17, 15) is 4.79 Å². The summed E-state index contributed by atoms with van der Waals surface area (Å²) in [5.74, 6) is 0. The maximum atomic E-state index is 12.0. The van der Waals surface area contributed by atoms with Gasteiger partial charge >= 0.3 is 6.09 Å². The van der Waals surface area contributed by atoms with Crippen molar-refractivity contribution in [2.45, 2.75) is 32.8 Å². The molecule has 0 saturated heterocycles. The second-order valence-electron chi connectivity index (χ2n) is 5.75. The van der Waals surface area contributed by atoms with Crippen molar-refractivity contribution in [2.24, 2.45) is 0 Å². The van der Waals surface area contributed by atoms with E-state index in [1.165, 1.54) is 0 Å². The molecule has 0 atom stereocenters. The molecule has 2 heterocycles. The number of amides is 1. The molecule has 0 fully saturated rings. The topological polar surface area (TPSA) is 42.4 Å². The number of halogens is 1. The molecule has 0 saturated carbocycles. The van der Waals surface area contributed by atoms with Gasteiger partial charge in [-0.3, -0.25) is 0 Å². The van der Waals surface area contributed by atoms with Gasteiger partial charge in [-0.15, -0.1) is 0 Å². The van der Waals surface area contributed by atoms with Crippen LogP contribution in [0.25, 0.3) is 5.57 Å². The lowest BCUT2D eigenvalue weighted by Gasteiger charge is -2.29. The van der Waals surface area contributed by atoms with Gasteiger partial charge in [0, 0.05) is 24.8 Å². The number of hydrogen-bond donors (Lipinski definition) is 0. The van der Waals surface area contributed by atoms with Crippen LogP contribution in [0, 0.1) is 0 Å². The maximum Gasteiger partial charge on any atom is 0.410 e. The predicted octanol–water partition coefficient (Wildman–Crippen LogP) is 3.76. The number of pyridine rings is 1. The molecule has 4 nitrogen and oxygen atoms in total. The van der Waals surface area contributed by atoms with Gasteiger partial charge < -0.3 is 9.64 Å². The molecule has 20 heavy (non-hydrogen) atoms. The minimum absolute atomic E-state index is 0.273. The minimum Gasteiger partial charge on any atom is -0.444 e. The molecule has 0 radical (unpaired) electrons. The van der Waals surface area contributed by atoms with E-state index < -0.39 is 5.60 Å². The van der Waals surface area contributed by atoms with E-state index in [1.807, 2.05) is 39.0 Å². The molecule has 1 aromatic heterocycles. The predicted molar refractivity (Wildman–Crippen MR) is 79.6 cm³/mol. The van der Waals surface area contributed by atoms with Gasteiger partial charge in [0.05, 0.1) is 0 Å². The number of nitrogens with zero attached hydrogens (tertiary/aromatic N) is 2. The second kappa shape index (κ2) is 5.83. The summed E-state index contributed by atoms with van der Waals surface area (Å²) < 4.78 is 5.36. The summed E-state index contributed by atoms with van der Waals surface area (Å²) in [6.07, 6.45) is 4.16. The van der Waals surface area contributed by atoms with Gasteiger partial charge in [0.2, 0.25) is 0 Å². The zero-order chi connectivity index (χ0) is 14.8. The standard InChI is InChI=1S/C15H19ClN2O2/c1-15(2,3)20-14(19)18-9-6-11(7-10-18)12-5-4-8-17-13(12)16/h4-6,8H,7,9-10H2,1-3H3. The van der Waals surface area contributed by atoms with Gasteiger partial charge in [0.15, 0.2) is 0 Å². The Morgan fingerprint density at radius 1 is 1.45 bits per heavy atom. The summed E-state index contributed by atoms with van der Waals surface area (Å²) in [6.45, 7) is 6.77. The highest BCUT2D eigenvalue weighted by Gasteiger charge is 2.24. The van der Waals surface area contributed by atoms with E-state index in [0.29, 0.717) is 18.2 Å². The number of carbonyl (C=O) groups excluding carboxylic acids is 1. The Kier molecular flexibility index (Phi) is 4.33. The normalized spacial score (nSPS) is 15.8. The van der Waals surface area contributed by atoms with Crippen LogP contribution >= 0.6 is 11.6 Å². The van der Waals surface area contributed by atoms with Gasteiger partial charge in [-0.05, 0) is 38.8 Å². The molecule has 0 spiro atoms. The van der Waals surface area contributed by atoms with Crippen LogP contribution in [-0.2, 0) is 4.74 Å². The van der Waals surface area contributed by atoms with Crippen molar-refractivity contribution < 1.29 is 9.53 Å². The largest absolute Gasteiger partial charge is 0.444 e. The number of ether oxygens (including phenoxy) is 1. The average molecular weight is 295 g/mol. The highest BCUT2D eigenvalue weighted by atomic mass is 35.5. The molecule has 0 N–H and O–H groups in total. The number of rotatable bonds is 1. The van der Waals surface area contributed by atoms with Crippen LogP contribution in [0.15, 0.2) is 24.4 Å². The Labute approximate surface area is 124 Å². The molecule has 5 heteroatoms. The fourth-order valence-corrected chi connectivity index (χ4v) is 2.27. The van der Waals surface area contributed by atoms with Crippen LogP contribution in [0.1, 0.15) is 32.8 Å². The summed E-state index contributed by atoms with van der Waals surface area (Å²) in [5.41, 5.74) is 1.61. The van der Waals surface area contributed by atoms with Crippen molar-refractivity contribution >= 4 is 23.3 Å². The van der Waals surface area contributed by atoms with Crippen molar-refractivity contribution in [3.05, 3.63) is 35.1 Å². The molecule has 1 amide bonds. The Morgan fingerprint density at radius 3 is 2.75 bits per heavy atom. The summed E-state index contributed by atoms with van der Waals surface area (Å²) in [7, 11) is 0. The lowest BCUT2D eigenvalue weighted by atomic mass is 10.0. The molecule has 1 aliphatic rings. The highest BCUT2D eigenvalue weighted by molar-refractivity contribution is 6.31. The lowest BCUT2D eigenvalue weighted by molar-refractivity contribution is 0.0270. The van der Waals surface area contributed by atoms with Gasteiger partial charge in [-0.2, -0.15) is 0 Å². The summed E-state index contributed by atoms with van der Waals surface area (Å²) >= 11 is 6.09. The van der Waals surface area contributed by atoms with E-state index in [-0.39, 0.29) is 6.09 Å². The number of carbonyl (C=O) groups is 1. The maximum absolute atomic E-state index is 12.0. The van der Waals surface area contributed by atoms with Gasteiger partial charge in [0.1, 0.15) is 10.8 Å². The van der Waals surface area contributed by atoms with Crippen LogP contribution in [-0.4, -0.2) is 34.7 Å². The lowest BCUT2D eigenvalue weighted by Crippen LogP contribution is -2.39. The molecule has 1 aromatic rings. The quantitative estimate of drug-likeness (QED) is 0.741. The van der Waals surface area contributed by atoms with Crippen LogP contribution in [0.4, 0.5) is 4.79 Å². The zero-order valence-electron chi connectivity index (χ0n) is 12.0. The van der Waals surface area contributed by atoms with E-state index in [4.69, 9.17) is 16.3 Å². The average Bonchev–Trinajstić information content (AvgIpc) is 2.37. The first-order valence-electron chi connectivity index (χ1n) is 6.65. The van der Waals surface area contributed by atoms with Gasteiger partial charge in [-0.25, -0.2) is 9.78 Å². The Bertz CT molecular complexity index is 535. The van der Waals surface area contributed by atoms with Crippen molar-refractivity contribution in [2.75, 3.05) is 13.1 Å². The fraction of sp³-hybridized carbons (Fsp3) is 0.467. The summed E-state index contributed by atoms with van der Waals surface area (Å²) in [4.78, 5) is 17.7. The minimum atomic E-state index is -0.465. The summed E-state index contributed by atoms with van der Waals surface area (Å²) in [5, 5.41) is 0.504. The van der Waals surface area contributed by atoms with Crippen molar-refractivity contribution in [1.82, 2.24) is 9.88 Å². The van der Waals surface area contributed by atoms with Gasteiger partial charge in [0.25, 0.3) is 0 Å². The monoisotopic (exact) mass is 294 g/mol. The van der Waals surface area contributed by atoms with Crippen molar-refractivity contribution in [3.8, 4) is 0 Å². The Hall–Kier alpha value is -1.55. The SMILES string of the molecule is CC(C)(C)OC(=O)N1CC=C(c2cccnc2Cl)CC1. The molecule has 0 bridgehead atoms. The molecular formula is C15H19ClN2O2. The first kappa shape index (κ1) is 14.9.